The largest absolute Gasteiger partial charge is 0.390 e. The Balaban J connectivity index is 2.64. The summed E-state index contributed by atoms with van der Waals surface area (Å²) in [7, 11) is 0. The number of halogens is 1. The van der Waals surface area contributed by atoms with Gasteiger partial charge in [-0.15, -0.1) is 0 Å². The molecule has 0 heterocycles. The zero-order valence-electron chi connectivity index (χ0n) is 10.4. The van der Waals surface area contributed by atoms with Gasteiger partial charge in [-0.3, -0.25) is 4.79 Å². The second kappa shape index (κ2) is 6.87. The molecule has 1 aromatic rings. The lowest BCUT2D eigenvalue weighted by Crippen LogP contribution is -2.20. The number of aliphatic hydroxyl groups is 2. The van der Waals surface area contributed by atoms with Gasteiger partial charge in [-0.1, -0.05) is 17.8 Å². The summed E-state index contributed by atoms with van der Waals surface area (Å²) in [5, 5.41) is 19.7. The van der Waals surface area contributed by atoms with Gasteiger partial charge in [0, 0.05) is 12.7 Å². The summed E-state index contributed by atoms with van der Waals surface area (Å²) in [6.45, 7) is 3.19. The predicted molar refractivity (Wildman–Crippen MR) is 69.9 cm³/mol. The van der Waals surface area contributed by atoms with E-state index in [-0.39, 0.29) is 11.5 Å². The van der Waals surface area contributed by atoms with E-state index in [1.165, 1.54) is 19.1 Å². The van der Waals surface area contributed by atoms with Gasteiger partial charge in [-0.25, -0.2) is 4.39 Å². The second-order valence-corrected chi connectivity index (χ2v) is 5.41. The van der Waals surface area contributed by atoms with Crippen molar-refractivity contribution in [2.24, 2.45) is 0 Å². The van der Waals surface area contributed by atoms with Gasteiger partial charge in [0.15, 0.2) is 5.12 Å². The smallest absolute Gasteiger partial charge is 0.185 e. The van der Waals surface area contributed by atoms with Crippen LogP contribution in [0.25, 0.3) is 0 Å². The van der Waals surface area contributed by atoms with Crippen LogP contribution in [0.15, 0.2) is 18.2 Å². The highest BCUT2D eigenvalue weighted by Gasteiger charge is 2.20. The molecule has 3 nitrogen and oxygen atoms in total. The van der Waals surface area contributed by atoms with Crippen LogP contribution < -0.4 is 0 Å². The van der Waals surface area contributed by atoms with E-state index >= 15 is 0 Å². The van der Waals surface area contributed by atoms with E-state index in [9.17, 15) is 19.4 Å². The molecule has 18 heavy (non-hydrogen) atoms. The quantitative estimate of drug-likeness (QED) is 0.862. The van der Waals surface area contributed by atoms with E-state index in [4.69, 9.17) is 0 Å². The molecule has 0 radical (unpaired) electrons. The van der Waals surface area contributed by atoms with Gasteiger partial charge >= 0.3 is 0 Å². The number of thioether (sulfide) groups is 1. The third kappa shape index (κ3) is 4.40. The molecular weight excluding hydrogens is 255 g/mol. The summed E-state index contributed by atoms with van der Waals surface area (Å²) >= 11 is 1.10. The van der Waals surface area contributed by atoms with Gasteiger partial charge in [0.05, 0.1) is 6.10 Å². The van der Waals surface area contributed by atoms with Gasteiger partial charge in [0.25, 0.3) is 0 Å². The van der Waals surface area contributed by atoms with Crippen LogP contribution >= 0.6 is 11.8 Å². The molecule has 2 unspecified atom stereocenters. The SMILES string of the molecule is CC(=O)SCCC(O)C(O)c1cc(F)ccc1C. The van der Waals surface area contributed by atoms with E-state index in [1.54, 1.807) is 13.0 Å². The molecule has 100 valence electrons. The van der Waals surface area contributed by atoms with Crippen molar-refractivity contribution in [3.63, 3.8) is 0 Å². The van der Waals surface area contributed by atoms with Gasteiger partial charge in [0.2, 0.25) is 0 Å². The van der Waals surface area contributed by atoms with Crippen molar-refractivity contribution in [2.75, 3.05) is 5.75 Å². The van der Waals surface area contributed by atoms with Crippen molar-refractivity contribution in [3.8, 4) is 0 Å². The molecule has 2 atom stereocenters. The van der Waals surface area contributed by atoms with E-state index in [0.717, 1.165) is 17.3 Å². The Morgan fingerprint density at radius 1 is 1.44 bits per heavy atom. The normalized spacial score (nSPS) is 14.3. The Morgan fingerprint density at radius 3 is 2.72 bits per heavy atom. The van der Waals surface area contributed by atoms with Crippen LogP contribution in [-0.4, -0.2) is 27.2 Å². The van der Waals surface area contributed by atoms with Crippen LogP contribution in [-0.2, 0) is 4.79 Å². The minimum absolute atomic E-state index is 0.0291. The van der Waals surface area contributed by atoms with Crippen molar-refractivity contribution in [3.05, 3.63) is 35.1 Å². The maximum absolute atomic E-state index is 13.1. The van der Waals surface area contributed by atoms with Crippen molar-refractivity contribution >= 4 is 16.9 Å². The molecule has 0 aliphatic heterocycles. The van der Waals surface area contributed by atoms with Gasteiger partial charge < -0.3 is 10.2 Å². The predicted octanol–water partition coefficient (Wildman–Crippen LogP) is 2.20. The fraction of sp³-hybridized carbons (Fsp3) is 0.462. The van der Waals surface area contributed by atoms with E-state index in [1.807, 2.05) is 0 Å². The first-order chi connectivity index (χ1) is 8.41. The Labute approximate surface area is 110 Å². The molecule has 0 aliphatic carbocycles. The minimum atomic E-state index is -1.13. The molecule has 0 bridgehead atoms. The fourth-order valence-corrected chi connectivity index (χ4v) is 2.27. The molecule has 1 rings (SSSR count). The lowest BCUT2D eigenvalue weighted by molar-refractivity contribution is -0.109. The van der Waals surface area contributed by atoms with Crippen LogP contribution in [0.1, 0.15) is 30.6 Å². The van der Waals surface area contributed by atoms with E-state index in [0.29, 0.717) is 11.3 Å². The molecule has 0 amide bonds. The number of carbonyl (C=O) groups is 1. The Bertz CT molecular complexity index is 423. The second-order valence-electron chi connectivity index (χ2n) is 4.14. The summed E-state index contributed by atoms with van der Waals surface area (Å²) in [5.41, 5.74) is 1.11. The zero-order chi connectivity index (χ0) is 13.7. The Hall–Kier alpha value is -0.910. The molecule has 0 saturated heterocycles. The monoisotopic (exact) mass is 272 g/mol. The molecule has 2 N–H and O–H groups in total. The summed E-state index contributed by atoms with van der Waals surface area (Å²) in [6, 6.07) is 4.09. The van der Waals surface area contributed by atoms with Crippen LogP contribution in [0.4, 0.5) is 4.39 Å². The zero-order valence-corrected chi connectivity index (χ0v) is 11.2. The Kier molecular flexibility index (Phi) is 5.78. The first kappa shape index (κ1) is 15.1. The number of aliphatic hydroxyl groups excluding tert-OH is 2. The highest BCUT2D eigenvalue weighted by atomic mass is 32.2. The lowest BCUT2D eigenvalue weighted by atomic mass is 9.98. The summed E-state index contributed by atoms with van der Waals surface area (Å²) in [5.74, 6) is -0.0120. The summed E-state index contributed by atoms with van der Waals surface area (Å²) < 4.78 is 13.1. The number of carbonyl (C=O) groups excluding carboxylic acids is 1. The molecule has 0 aromatic heterocycles. The first-order valence-electron chi connectivity index (χ1n) is 5.67. The van der Waals surface area contributed by atoms with Gasteiger partial charge in [-0.05, 0) is 36.6 Å². The van der Waals surface area contributed by atoms with Crippen LogP contribution in [0.5, 0.6) is 0 Å². The minimum Gasteiger partial charge on any atom is -0.390 e. The molecule has 1 aromatic carbocycles. The van der Waals surface area contributed by atoms with Gasteiger partial charge in [-0.2, -0.15) is 0 Å². The third-order valence-corrected chi connectivity index (χ3v) is 3.49. The molecule has 0 spiro atoms. The highest BCUT2D eigenvalue weighted by molar-refractivity contribution is 8.13. The van der Waals surface area contributed by atoms with E-state index in [2.05, 4.69) is 0 Å². The maximum Gasteiger partial charge on any atom is 0.185 e. The molecular formula is C13H17FO3S. The first-order valence-corrected chi connectivity index (χ1v) is 6.66. The van der Waals surface area contributed by atoms with Crippen LogP contribution in [0, 0.1) is 12.7 Å². The molecule has 5 heteroatoms. The lowest BCUT2D eigenvalue weighted by Gasteiger charge is -2.19. The number of hydrogen-bond acceptors (Lipinski definition) is 4. The maximum atomic E-state index is 13.1. The highest BCUT2D eigenvalue weighted by Crippen LogP contribution is 2.24. The number of aryl methyl sites for hydroxylation is 1. The fourth-order valence-electron chi connectivity index (χ4n) is 1.62. The third-order valence-electron chi connectivity index (χ3n) is 2.64. The van der Waals surface area contributed by atoms with Crippen LogP contribution in [0.3, 0.4) is 0 Å². The average molecular weight is 272 g/mol. The van der Waals surface area contributed by atoms with Crippen molar-refractivity contribution < 1.29 is 19.4 Å². The molecule has 0 fully saturated rings. The number of hydrogen-bond donors (Lipinski definition) is 2. The van der Waals surface area contributed by atoms with Crippen molar-refractivity contribution in [1.82, 2.24) is 0 Å². The van der Waals surface area contributed by atoms with Crippen molar-refractivity contribution in [2.45, 2.75) is 32.5 Å². The molecule has 0 aliphatic rings. The van der Waals surface area contributed by atoms with Crippen molar-refractivity contribution in [1.29, 1.82) is 0 Å². The summed E-state index contributed by atoms with van der Waals surface area (Å²) in [4.78, 5) is 10.7. The number of rotatable bonds is 5. The molecule has 0 saturated carbocycles. The topological polar surface area (TPSA) is 57.5 Å². The number of benzene rings is 1. The average Bonchev–Trinajstić information content (AvgIpc) is 2.30. The van der Waals surface area contributed by atoms with E-state index < -0.39 is 18.0 Å². The standard InChI is InChI=1S/C13H17FO3S/c1-8-3-4-10(14)7-11(8)13(17)12(16)5-6-18-9(2)15/h3-4,7,12-13,16-17H,5-6H2,1-2H3. The Morgan fingerprint density at radius 2 is 2.11 bits per heavy atom. The van der Waals surface area contributed by atoms with Gasteiger partial charge in [0.1, 0.15) is 11.9 Å². The summed E-state index contributed by atoms with van der Waals surface area (Å²) in [6.07, 6.45) is -1.85. The van der Waals surface area contributed by atoms with Crippen LogP contribution in [0.2, 0.25) is 0 Å².